The van der Waals surface area contributed by atoms with E-state index in [0.29, 0.717) is 48.5 Å². The number of carboxylic acid groups (broad SMARTS) is 1. The highest BCUT2D eigenvalue weighted by Gasteiger charge is 2.32. The van der Waals surface area contributed by atoms with Crippen LogP contribution in [0.1, 0.15) is 60.0 Å². The Balaban J connectivity index is 1.76. The third kappa shape index (κ3) is 4.82. The van der Waals surface area contributed by atoms with Crippen LogP contribution in [-0.2, 0) is 0 Å². The van der Waals surface area contributed by atoms with E-state index in [2.05, 4.69) is 27.4 Å². The molecule has 0 aliphatic carbocycles. The minimum Gasteiger partial charge on any atom is -0.476 e. The van der Waals surface area contributed by atoms with Gasteiger partial charge < -0.3 is 15.3 Å². The first-order valence-electron chi connectivity index (χ1n) is 11.2. The molecule has 3 aromatic rings. The van der Waals surface area contributed by atoms with E-state index in [-0.39, 0.29) is 28.0 Å². The van der Waals surface area contributed by atoms with Crippen molar-refractivity contribution in [2.45, 2.75) is 39.7 Å². The lowest BCUT2D eigenvalue weighted by Gasteiger charge is -2.35. The molecule has 0 saturated carbocycles. The highest BCUT2D eigenvalue weighted by molar-refractivity contribution is 6.29. The van der Waals surface area contributed by atoms with E-state index in [9.17, 15) is 20.4 Å². The number of carbonyl (C=O) groups is 1. The summed E-state index contributed by atoms with van der Waals surface area (Å²) < 4.78 is 0. The van der Waals surface area contributed by atoms with Gasteiger partial charge in [0.2, 0.25) is 0 Å². The number of nitriles is 2. The molecule has 4 rings (SSSR count). The average molecular weight is 490 g/mol. The number of anilines is 2. The van der Waals surface area contributed by atoms with Crippen LogP contribution in [0, 0.1) is 35.0 Å². The summed E-state index contributed by atoms with van der Waals surface area (Å²) in [5, 5.41) is 32.1. The van der Waals surface area contributed by atoms with E-state index >= 15 is 0 Å². The molecule has 2 aromatic heterocycles. The van der Waals surface area contributed by atoms with Crippen molar-refractivity contribution in [3.05, 3.63) is 51.9 Å². The lowest BCUT2D eigenvalue weighted by atomic mass is 9.82. The molecule has 10 heteroatoms. The van der Waals surface area contributed by atoms with Gasteiger partial charge in [-0.2, -0.15) is 10.5 Å². The molecule has 3 heterocycles. The highest BCUT2D eigenvalue weighted by atomic mass is 35.5. The number of pyridine rings is 1. The molecule has 0 radical (unpaired) electrons. The van der Waals surface area contributed by atoms with Crippen LogP contribution in [0.25, 0.3) is 11.0 Å². The molecule has 1 saturated heterocycles. The van der Waals surface area contributed by atoms with Crippen LogP contribution in [0.4, 0.5) is 11.5 Å². The molecule has 1 aliphatic rings. The molecular weight excluding hydrogens is 466 g/mol. The zero-order valence-corrected chi connectivity index (χ0v) is 20.4. The van der Waals surface area contributed by atoms with Crippen molar-refractivity contribution in [3.63, 3.8) is 0 Å². The van der Waals surface area contributed by atoms with Gasteiger partial charge in [-0.15, -0.1) is 0 Å². The summed E-state index contributed by atoms with van der Waals surface area (Å²) in [4.78, 5) is 27.1. The number of aryl methyl sites for hydroxylation is 1. The minimum absolute atomic E-state index is 0.0928. The number of carboxylic acids is 1. The third-order valence-corrected chi connectivity index (χ3v) is 6.58. The molecule has 1 fully saturated rings. The first kappa shape index (κ1) is 24.2. The predicted octanol–water partition coefficient (Wildman–Crippen LogP) is 4.86. The Kier molecular flexibility index (Phi) is 6.47. The Hall–Kier alpha value is -3.95. The number of aromatic nitrogens is 3. The normalized spacial score (nSPS) is 15.8. The zero-order valence-electron chi connectivity index (χ0n) is 19.6. The molecule has 35 heavy (non-hydrogen) atoms. The fraction of sp³-hybridized carbons (Fsp3) is 0.360. The zero-order chi connectivity index (χ0) is 25.3. The molecule has 0 unspecified atom stereocenters. The molecule has 178 valence electrons. The average Bonchev–Trinajstić information content (AvgIpc) is 2.84. The van der Waals surface area contributed by atoms with Crippen LogP contribution >= 0.6 is 11.6 Å². The van der Waals surface area contributed by atoms with Crippen LogP contribution in [-0.4, -0.2) is 39.1 Å². The molecule has 1 atom stereocenters. The van der Waals surface area contributed by atoms with Gasteiger partial charge in [0, 0.05) is 18.7 Å². The molecule has 2 N–H and O–H groups in total. The quantitative estimate of drug-likeness (QED) is 0.481. The SMILES string of the molecule is Cc1cc([C@@H](C)Nc2ccc(Cl)nc2C(=O)O)c2nc(N3CCC(C)(C#N)CC3)c(C#N)nc2c1. The maximum absolute atomic E-state index is 11.7. The molecule has 9 nitrogen and oxygen atoms in total. The topological polar surface area (TPSA) is 139 Å². The van der Waals surface area contributed by atoms with Gasteiger partial charge in [-0.25, -0.2) is 19.7 Å². The number of nitrogens with one attached hydrogen (secondary N) is 1. The van der Waals surface area contributed by atoms with Gasteiger partial charge in [0.1, 0.15) is 11.2 Å². The van der Waals surface area contributed by atoms with Gasteiger partial charge in [0.05, 0.1) is 34.2 Å². The Morgan fingerprint density at radius 3 is 2.57 bits per heavy atom. The van der Waals surface area contributed by atoms with Gasteiger partial charge >= 0.3 is 5.97 Å². The van der Waals surface area contributed by atoms with Crippen molar-refractivity contribution in [1.29, 1.82) is 10.5 Å². The summed E-state index contributed by atoms with van der Waals surface area (Å²) in [5.41, 5.74) is 2.96. The van der Waals surface area contributed by atoms with Crippen molar-refractivity contribution >= 4 is 40.1 Å². The van der Waals surface area contributed by atoms with Gasteiger partial charge in [-0.3, -0.25) is 0 Å². The Morgan fingerprint density at radius 1 is 1.23 bits per heavy atom. The van der Waals surface area contributed by atoms with E-state index in [0.717, 1.165) is 11.1 Å². The predicted molar refractivity (Wildman–Crippen MR) is 132 cm³/mol. The molecule has 1 aliphatic heterocycles. The number of hydrogen-bond donors (Lipinski definition) is 2. The number of nitrogens with zero attached hydrogens (tertiary/aromatic N) is 6. The standard InChI is InChI=1S/C25H24ClN7O2/c1-14-10-16(15(2)29-17-4-5-20(26)31-22(17)24(34)35)21-18(11-14)30-19(12-27)23(32-21)33-8-6-25(3,13-28)7-9-33/h4-5,10-11,15,29H,6-9H2,1-3H3,(H,34,35)/t15-/m1/s1. The molecule has 0 bridgehead atoms. The second-order valence-corrected chi connectivity index (χ2v) is 9.48. The van der Waals surface area contributed by atoms with Crippen LogP contribution in [0.3, 0.4) is 0 Å². The summed E-state index contributed by atoms with van der Waals surface area (Å²) in [6.07, 6.45) is 1.35. The van der Waals surface area contributed by atoms with Crippen LogP contribution in [0.15, 0.2) is 24.3 Å². The number of hydrogen-bond acceptors (Lipinski definition) is 8. The van der Waals surface area contributed by atoms with E-state index in [1.807, 2.05) is 37.8 Å². The number of aromatic carboxylic acids is 1. The van der Waals surface area contributed by atoms with Gasteiger partial charge in [0.15, 0.2) is 17.2 Å². The van der Waals surface area contributed by atoms with Crippen LogP contribution < -0.4 is 10.2 Å². The lowest BCUT2D eigenvalue weighted by Crippen LogP contribution is -2.39. The highest BCUT2D eigenvalue weighted by Crippen LogP contribution is 2.34. The van der Waals surface area contributed by atoms with Crippen molar-refractivity contribution in [2.75, 3.05) is 23.3 Å². The second-order valence-electron chi connectivity index (χ2n) is 9.09. The monoisotopic (exact) mass is 489 g/mol. The fourth-order valence-electron chi connectivity index (χ4n) is 4.30. The van der Waals surface area contributed by atoms with E-state index in [1.54, 1.807) is 6.07 Å². The Bertz CT molecular complexity index is 1400. The summed E-state index contributed by atoms with van der Waals surface area (Å²) in [6.45, 7) is 6.98. The Morgan fingerprint density at radius 2 is 1.94 bits per heavy atom. The van der Waals surface area contributed by atoms with Crippen molar-refractivity contribution in [1.82, 2.24) is 15.0 Å². The van der Waals surface area contributed by atoms with Crippen LogP contribution in [0.2, 0.25) is 5.15 Å². The molecule has 0 spiro atoms. The van der Waals surface area contributed by atoms with Gasteiger partial charge in [-0.05, 0) is 57.4 Å². The lowest BCUT2D eigenvalue weighted by molar-refractivity contribution is 0.0691. The number of halogens is 1. The van der Waals surface area contributed by atoms with E-state index in [1.165, 1.54) is 6.07 Å². The van der Waals surface area contributed by atoms with Crippen molar-refractivity contribution in [3.8, 4) is 12.1 Å². The van der Waals surface area contributed by atoms with Crippen molar-refractivity contribution < 1.29 is 9.90 Å². The van der Waals surface area contributed by atoms with Crippen LogP contribution in [0.5, 0.6) is 0 Å². The summed E-state index contributed by atoms with van der Waals surface area (Å²) in [7, 11) is 0. The molecular formula is C25H24ClN7O2. The van der Waals surface area contributed by atoms with E-state index < -0.39 is 5.97 Å². The molecule has 0 amide bonds. The van der Waals surface area contributed by atoms with E-state index in [4.69, 9.17) is 16.6 Å². The minimum atomic E-state index is -1.19. The largest absolute Gasteiger partial charge is 0.476 e. The van der Waals surface area contributed by atoms with Gasteiger partial charge in [-0.1, -0.05) is 17.7 Å². The van der Waals surface area contributed by atoms with Crippen molar-refractivity contribution in [2.24, 2.45) is 5.41 Å². The summed E-state index contributed by atoms with van der Waals surface area (Å²) in [6, 6.07) is 11.2. The number of benzene rings is 1. The number of rotatable bonds is 5. The smallest absolute Gasteiger partial charge is 0.356 e. The maximum Gasteiger partial charge on any atom is 0.356 e. The second kappa shape index (κ2) is 9.36. The first-order valence-corrected chi connectivity index (χ1v) is 11.6. The summed E-state index contributed by atoms with van der Waals surface area (Å²) >= 11 is 5.89. The first-order chi connectivity index (χ1) is 16.6. The third-order valence-electron chi connectivity index (χ3n) is 6.37. The fourth-order valence-corrected chi connectivity index (χ4v) is 4.45. The molecule has 1 aromatic carbocycles. The number of fused-ring (bicyclic) bond motifs is 1. The number of piperidine rings is 1. The summed E-state index contributed by atoms with van der Waals surface area (Å²) in [5.74, 6) is -0.691. The van der Waals surface area contributed by atoms with Gasteiger partial charge in [0.25, 0.3) is 0 Å². The Labute approximate surface area is 208 Å². The maximum atomic E-state index is 11.7.